The molecular formula is C16H16O5. The number of para-hydroxylation sites is 1. The van der Waals surface area contributed by atoms with E-state index in [1.807, 2.05) is 24.3 Å². The molecule has 110 valence electrons. The first-order valence-electron chi connectivity index (χ1n) is 6.85. The summed E-state index contributed by atoms with van der Waals surface area (Å²) in [6.07, 6.45) is 2.09. The van der Waals surface area contributed by atoms with E-state index < -0.39 is 0 Å². The monoisotopic (exact) mass is 288 g/mol. The molecule has 21 heavy (non-hydrogen) atoms. The summed E-state index contributed by atoms with van der Waals surface area (Å²) in [5.41, 5.74) is 0.811. The van der Waals surface area contributed by atoms with Crippen molar-refractivity contribution < 1.29 is 19.0 Å². The van der Waals surface area contributed by atoms with Gasteiger partial charge in [0.05, 0.1) is 13.2 Å². The molecule has 0 radical (unpaired) electrons. The van der Waals surface area contributed by atoms with E-state index in [1.54, 1.807) is 0 Å². The third kappa shape index (κ3) is 2.92. The van der Waals surface area contributed by atoms with Gasteiger partial charge in [0.2, 0.25) is 11.2 Å². The van der Waals surface area contributed by atoms with Gasteiger partial charge in [0.25, 0.3) is 0 Å². The minimum Gasteiger partial charge on any atom is -0.493 e. The van der Waals surface area contributed by atoms with E-state index in [-0.39, 0.29) is 29.5 Å². The van der Waals surface area contributed by atoms with E-state index in [0.717, 1.165) is 17.7 Å². The van der Waals surface area contributed by atoms with Crippen molar-refractivity contribution >= 4 is 0 Å². The average Bonchev–Trinajstić information content (AvgIpc) is 2.53. The molecule has 0 fully saturated rings. The zero-order valence-electron chi connectivity index (χ0n) is 11.5. The zero-order valence-corrected chi connectivity index (χ0v) is 11.5. The summed E-state index contributed by atoms with van der Waals surface area (Å²) < 4.78 is 16.3. The molecular weight excluding hydrogens is 272 g/mol. The molecule has 0 saturated heterocycles. The Labute approximate surface area is 121 Å². The van der Waals surface area contributed by atoms with Gasteiger partial charge in [0, 0.05) is 17.5 Å². The van der Waals surface area contributed by atoms with Crippen LogP contribution in [0.2, 0.25) is 0 Å². The second-order valence-electron chi connectivity index (χ2n) is 4.92. The van der Waals surface area contributed by atoms with Gasteiger partial charge < -0.3 is 19.0 Å². The maximum absolute atomic E-state index is 11.8. The Morgan fingerprint density at radius 3 is 3.00 bits per heavy atom. The SMILES string of the molecule is O=c1cc(CO)occ1OCC1CCOc2ccccc21. The molecule has 2 heterocycles. The van der Waals surface area contributed by atoms with Gasteiger partial charge in [-0.05, 0) is 12.5 Å². The molecule has 0 spiro atoms. The predicted octanol–water partition coefficient (Wildman–Crippen LogP) is 2.08. The summed E-state index contributed by atoms with van der Waals surface area (Å²) in [7, 11) is 0. The third-order valence-corrected chi connectivity index (χ3v) is 3.53. The van der Waals surface area contributed by atoms with Gasteiger partial charge in [-0.15, -0.1) is 0 Å². The van der Waals surface area contributed by atoms with Crippen molar-refractivity contribution in [3.63, 3.8) is 0 Å². The molecule has 0 bridgehead atoms. The fraction of sp³-hybridized carbons (Fsp3) is 0.312. The minimum atomic E-state index is -0.303. The van der Waals surface area contributed by atoms with Crippen LogP contribution in [0.25, 0.3) is 0 Å². The van der Waals surface area contributed by atoms with Crippen LogP contribution >= 0.6 is 0 Å². The molecule has 2 aromatic rings. The van der Waals surface area contributed by atoms with E-state index in [1.165, 1.54) is 12.3 Å². The normalized spacial score (nSPS) is 16.9. The first-order valence-corrected chi connectivity index (χ1v) is 6.85. The second-order valence-corrected chi connectivity index (χ2v) is 4.92. The van der Waals surface area contributed by atoms with Crippen LogP contribution in [0.5, 0.6) is 11.5 Å². The van der Waals surface area contributed by atoms with Crippen molar-refractivity contribution in [1.29, 1.82) is 0 Å². The van der Waals surface area contributed by atoms with E-state index in [0.29, 0.717) is 13.2 Å². The highest BCUT2D eigenvalue weighted by molar-refractivity contribution is 5.38. The molecule has 0 saturated carbocycles. The maximum Gasteiger partial charge on any atom is 0.227 e. The Morgan fingerprint density at radius 2 is 2.19 bits per heavy atom. The van der Waals surface area contributed by atoms with Crippen molar-refractivity contribution in [2.75, 3.05) is 13.2 Å². The predicted molar refractivity (Wildman–Crippen MR) is 75.7 cm³/mol. The Morgan fingerprint density at radius 1 is 1.33 bits per heavy atom. The number of rotatable bonds is 4. The molecule has 0 aliphatic carbocycles. The van der Waals surface area contributed by atoms with Gasteiger partial charge in [0.15, 0.2) is 0 Å². The van der Waals surface area contributed by atoms with E-state index in [2.05, 4.69) is 0 Å². The molecule has 1 unspecified atom stereocenters. The van der Waals surface area contributed by atoms with Crippen molar-refractivity contribution in [2.24, 2.45) is 0 Å². The van der Waals surface area contributed by atoms with Crippen LogP contribution in [0, 0.1) is 0 Å². The van der Waals surface area contributed by atoms with Crippen LogP contribution in [0.3, 0.4) is 0 Å². The summed E-state index contributed by atoms with van der Waals surface area (Å²) in [6.45, 7) is 0.732. The summed E-state index contributed by atoms with van der Waals surface area (Å²) in [6, 6.07) is 9.09. The van der Waals surface area contributed by atoms with Gasteiger partial charge >= 0.3 is 0 Å². The smallest absolute Gasteiger partial charge is 0.227 e. The van der Waals surface area contributed by atoms with Gasteiger partial charge in [-0.25, -0.2) is 0 Å². The number of ether oxygens (including phenoxy) is 2. The van der Waals surface area contributed by atoms with Crippen LogP contribution in [0.15, 0.2) is 45.8 Å². The molecule has 1 aliphatic rings. The van der Waals surface area contributed by atoms with Crippen molar-refractivity contribution in [3.8, 4) is 11.5 Å². The summed E-state index contributed by atoms with van der Waals surface area (Å²) in [4.78, 5) is 11.8. The molecule has 0 amide bonds. The van der Waals surface area contributed by atoms with Gasteiger partial charge in [-0.2, -0.15) is 0 Å². The molecule has 1 atom stereocenters. The van der Waals surface area contributed by atoms with Crippen LogP contribution in [-0.4, -0.2) is 18.3 Å². The lowest BCUT2D eigenvalue weighted by Crippen LogP contribution is -2.21. The number of benzene rings is 1. The van der Waals surface area contributed by atoms with E-state index >= 15 is 0 Å². The largest absolute Gasteiger partial charge is 0.493 e. The summed E-state index contributed by atoms with van der Waals surface area (Å²) in [5, 5.41) is 8.91. The van der Waals surface area contributed by atoms with Crippen LogP contribution in [0.1, 0.15) is 23.7 Å². The van der Waals surface area contributed by atoms with Gasteiger partial charge in [-0.1, -0.05) is 18.2 Å². The lowest BCUT2D eigenvalue weighted by Gasteiger charge is -2.25. The second kappa shape index (κ2) is 6.01. The fourth-order valence-electron chi connectivity index (χ4n) is 2.41. The first-order chi connectivity index (χ1) is 10.3. The average molecular weight is 288 g/mol. The number of hydrogen-bond acceptors (Lipinski definition) is 5. The molecule has 1 aromatic carbocycles. The number of fused-ring (bicyclic) bond motifs is 1. The Kier molecular flexibility index (Phi) is 3.92. The Bertz CT molecular complexity index is 676. The van der Waals surface area contributed by atoms with Crippen LogP contribution < -0.4 is 14.9 Å². The van der Waals surface area contributed by atoms with Crippen LogP contribution in [0.4, 0.5) is 0 Å². The quantitative estimate of drug-likeness (QED) is 0.932. The lowest BCUT2D eigenvalue weighted by molar-refractivity contribution is 0.209. The zero-order chi connectivity index (χ0) is 14.7. The highest BCUT2D eigenvalue weighted by Gasteiger charge is 2.22. The standard InChI is InChI=1S/C16H16O5/c17-8-12-7-14(18)16(10-20-12)21-9-11-5-6-19-15-4-2-1-3-13(11)15/h1-4,7,10-11,17H,5-6,8-9H2. The lowest BCUT2D eigenvalue weighted by atomic mass is 9.94. The summed E-state index contributed by atoms with van der Waals surface area (Å²) in [5.74, 6) is 1.45. The molecule has 1 N–H and O–H groups in total. The van der Waals surface area contributed by atoms with Crippen LogP contribution in [-0.2, 0) is 6.61 Å². The Balaban J connectivity index is 1.73. The molecule has 3 rings (SSSR count). The van der Waals surface area contributed by atoms with Crippen molar-refractivity contribution in [2.45, 2.75) is 18.9 Å². The number of aliphatic hydroxyl groups excluding tert-OH is 1. The fourth-order valence-corrected chi connectivity index (χ4v) is 2.41. The highest BCUT2D eigenvalue weighted by atomic mass is 16.5. The van der Waals surface area contributed by atoms with E-state index in [9.17, 15) is 4.79 Å². The minimum absolute atomic E-state index is 0.163. The van der Waals surface area contributed by atoms with Crippen molar-refractivity contribution in [1.82, 2.24) is 0 Å². The number of hydrogen-bond donors (Lipinski definition) is 1. The Hall–Kier alpha value is -2.27. The molecule has 5 nitrogen and oxygen atoms in total. The topological polar surface area (TPSA) is 68.9 Å². The molecule has 1 aromatic heterocycles. The molecule has 5 heteroatoms. The number of aliphatic hydroxyl groups is 1. The highest BCUT2D eigenvalue weighted by Crippen LogP contribution is 2.33. The molecule has 1 aliphatic heterocycles. The van der Waals surface area contributed by atoms with Crippen molar-refractivity contribution in [3.05, 3.63) is 58.1 Å². The maximum atomic E-state index is 11.8. The third-order valence-electron chi connectivity index (χ3n) is 3.53. The van der Waals surface area contributed by atoms with E-state index in [4.69, 9.17) is 19.0 Å². The van der Waals surface area contributed by atoms with Gasteiger partial charge in [0.1, 0.15) is 24.4 Å². The van der Waals surface area contributed by atoms with Gasteiger partial charge in [-0.3, -0.25) is 4.79 Å². The first kappa shape index (κ1) is 13.7. The summed E-state index contributed by atoms with van der Waals surface area (Å²) >= 11 is 0.